The first-order chi connectivity index (χ1) is 9.45. The van der Waals surface area contributed by atoms with Crippen molar-refractivity contribution < 1.29 is 24.5 Å². The van der Waals surface area contributed by atoms with E-state index in [4.69, 9.17) is 14.9 Å². The molecule has 1 rings (SSSR count). The van der Waals surface area contributed by atoms with Gasteiger partial charge in [-0.1, -0.05) is 0 Å². The van der Waals surface area contributed by atoms with Crippen molar-refractivity contribution in [1.29, 1.82) is 0 Å². The molecule has 1 heterocycles. The molecule has 20 heavy (non-hydrogen) atoms. The SMILES string of the molecule is CC(C)N(CCO)C(=O)N1CCC(OCC(=O)O)CC1. The number of aliphatic hydroxyl groups excluding tert-OH is 1. The van der Waals surface area contributed by atoms with Gasteiger partial charge < -0.3 is 24.7 Å². The number of carboxylic acid groups (broad SMARTS) is 1. The molecule has 116 valence electrons. The smallest absolute Gasteiger partial charge is 0.329 e. The van der Waals surface area contributed by atoms with Gasteiger partial charge in [-0.25, -0.2) is 9.59 Å². The van der Waals surface area contributed by atoms with Gasteiger partial charge in [0.2, 0.25) is 0 Å². The van der Waals surface area contributed by atoms with Crippen LogP contribution < -0.4 is 0 Å². The van der Waals surface area contributed by atoms with E-state index in [2.05, 4.69) is 0 Å². The number of aliphatic carboxylic acids is 1. The van der Waals surface area contributed by atoms with Gasteiger partial charge in [0.1, 0.15) is 6.61 Å². The van der Waals surface area contributed by atoms with E-state index in [1.807, 2.05) is 13.8 Å². The van der Waals surface area contributed by atoms with Gasteiger partial charge in [-0.3, -0.25) is 0 Å². The van der Waals surface area contributed by atoms with E-state index >= 15 is 0 Å². The van der Waals surface area contributed by atoms with Crippen molar-refractivity contribution in [2.45, 2.75) is 38.8 Å². The lowest BCUT2D eigenvalue weighted by molar-refractivity contribution is -0.145. The Morgan fingerprint density at radius 2 is 1.95 bits per heavy atom. The number of rotatable bonds is 6. The molecule has 1 saturated heterocycles. The highest BCUT2D eigenvalue weighted by Gasteiger charge is 2.27. The average molecular weight is 288 g/mol. The topological polar surface area (TPSA) is 90.3 Å². The van der Waals surface area contributed by atoms with Crippen molar-refractivity contribution >= 4 is 12.0 Å². The van der Waals surface area contributed by atoms with Crippen LogP contribution in [0, 0.1) is 0 Å². The molecule has 7 heteroatoms. The molecule has 7 nitrogen and oxygen atoms in total. The summed E-state index contributed by atoms with van der Waals surface area (Å²) in [5.41, 5.74) is 0. The summed E-state index contributed by atoms with van der Waals surface area (Å²) in [6, 6.07) is -0.0404. The number of carboxylic acids is 1. The predicted molar refractivity (Wildman–Crippen MR) is 72.5 cm³/mol. The Balaban J connectivity index is 2.43. The molecule has 0 saturated carbocycles. The van der Waals surface area contributed by atoms with E-state index in [1.165, 1.54) is 0 Å². The van der Waals surface area contributed by atoms with Crippen LogP contribution in [0.4, 0.5) is 4.79 Å². The Labute approximate surface area is 119 Å². The van der Waals surface area contributed by atoms with E-state index < -0.39 is 5.97 Å². The van der Waals surface area contributed by atoms with Crippen LogP contribution in [0.15, 0.2) is 0 Å². The summed E-state index contributed by atoms with van der Waals surface area (Å²) in [7, 11) is 0. The molecule has 0 radical (unpaired) electrons. The minimum atomic E-state index is -0.975. The fourth-order valence-corrected chi connectivity index (χ4v) is 2.27. The maximum absolute atomic E-state index is 12.3. The van der Waals surface area contributed by atoms with Crippen LogP contribution >= 0.6 is 0 Å². The largest absolute Gasteiger partial charge is 0.480 e. The zero-order chi connectivity index (χ0) is 15.1. The molecule has 2 amide bonds. The Bertz CT molecular complexity index is 327. The van der Waals surface area contributed by atoms with Gasteiger partial charge in [0, 0.05) is 25.7 Å². The van der Waals surface area contributed by atoms with Gasteiger partial charge in [-0.05, 0) is 26.7 Å². The third-order valence-corrected chi connectivity index (χ3v) is 3.36. The molecule has 0 spiro atoms. The van der Waals surface area contributed by atoms with Crippen LogP contribution in [0.25, 0.3) is 0 Å². The zero-order valence-corrected chi connectivity index (χ0v) is 12.1. The van der Waals surface area contributed by atoms with Gasteiger partial charge in [0.15, 0.2) is 0 Å². The Morgan fingerprint density at radius 1 is 1.35 bits per heavy atom. The summed E-state index contributed by atoms with van der Waals surface area (Å²) in [6.45, 7) is 4.91. The lowest BCUT2D eigenvalue weighted by Crippen LogP contribution is -2.50. The third-order valence-electron chi connectivity index (χ3n) is 3.36. The van der Waals surface area contributed by atoms with Crippen molar-refractivity contribution in [3.63, 3.8) is 0 Å². The number of carbonyl (C=O) groups excluding carboxylic acids is 1. The summed E-state index contributed by atoms with van der Waals surface area (Å²) in [6.07, 6.45) is 1.19. The number of carbonyl (C=O) groups is 2. The molecule has 1 aliphatic heterocycles. The summed E-state index contributed by atoms with van der Waals surface area (Å²) < 4.78 is 5.24. The number of ether oxygens (including phenoxy) is 1. The Kier molecular flexibility index (Phi) is 6.74. The fourth-order valence-electron chi connectivity index (χ4n) is 2.27. The minimum absolute atomic E-state index is 0.0376. The van der Waals surface area contributed by atoms with Crippen LogP contribution in [0.2, 0.25) is 0 Å². The maximum Gasteiger partial charge on any atom is 0.329 e. The van der Waals surface area contributed by atoms with Gasteiger partial charge in [0.05, 0.1) is 12.7 Å². The first-order valence-corrected chi connectivity index (χ1v) is 6.95. The molecular weight excluding hydrogens is 264 g/mol. The number of aliphatic hydroxyl groups is 1. The van der Waals surface area contributed by atoms with Crippen molar-refractivity contribution in [1.82, 2.24) is 9.80 Å². The number of nitrogens with zero attached hydrogens (tertiary/aromatic N) is 2. The Morgan fingerprint density at radius 3 is 2.40 bits per heavy atom. The number of likely N-dealkylation sites (tertiary alicyclic amines) is 1. The first-order valence-electron chi connectivity index (χ1n) is 6.95. The highest BCUT2D eigenvalue weighted by atomic mass is 16.5. The minimum Gasteiger partial charge on any atom is -0.480 e. The summed E-state index contributed by atoms with van der Waals surface area (Å²) in [5.74, 6) is -0.975. The lowest BCUT2D eigenvalue weighted by Gasteiger charge is -2.37. The summed E-state index contributed by atoms with van der Waals surface area (Å²) >= 11 is 0. The monoisotopic (exact) mass is 288 g/mol. The van der Waals surface area contributed by atoms with Crippen LogP contribution in [0.3, 0.4) is 0 Å². The zero-order valence-electron chi connectivity index (χ0n) is 12.1. The molecule has 0 aromatic carbocycles. The van der Waals surface area contributed by atoms with E-state index in [0.29, 0.717) is 32.5 Å². The molecule has 1 aliphatic rings. The van der Waals surface area contributed by atoms with Crippen molar-refractivity contribution in [3.8, 4) is 0 Å². The van der Waals surface area contributed by atoms with Gasteiger partial charge in [0.25, 0.3) is 0 Å². The molecule has 0 aromatic rings. The number of hydrogen-bond acceptors (Lipinski definition) is 4. The van der Waals surface area contributed by atoms with Crippen LogP contribution in [0.5, 0.6) is 0 Å². The van der Waals surface area contributed by atoms with Gasteiger partial charge in [-0.2, -0.15) is 0 Å². The normalized spacial score (nSPS) is 16.5. The molecular formula is C13H24N2O5. The first kappa shape index (κ1) is 16.7. The fraction of sp³-hybridized carbons (Fsp3) is 0.846. The number of piperidine rings is 1. The molecule has 0 aliphatic carbocycles. The van der Waals surface area contributed by atoms with Gasteiger partial charge >= 0.3 is 12.0 Å². The molecule has 0 bridgehead atoms. The van der Waals surface area contributed by atoms with E-state index in [0.717, 1.165) is 0 Å². The lowest BCUT2D eigenvalue weighted by atomic mass is 10.1. The van der Waals surface area contributed by atoms with E-state index in [-0.39, 0.29) is 31.4 Å². The second-order valence-electron chi connectivity index (χ2n) is 5.18. The van der Waals surface area contributed by atoms with Crippen LogP contribution in [-0.4, -0.2) is 77.0 Å². The highest BCUT2D eigenvalue weighted by Crippen LogP contribution is 2.16. The second kappa shape index (κ2) is 8.06. The summed E-state index contributed by atoms with van der Waals surface area (Å²) in [5, 5.41) is 17.6. The molecule has 0 atom stereocenters. The summed E-state index contributed by atoms with van der Waals surface area (Å²) in [4.78, 5) is 26.1. The van der Waals surface area contributed by atoms with E-state index in [1.54, 1.807) is 9.80 Å². The van der Waals surface area contributed by atoms with Crippen LogP contribution in [0.1, 0.15) is 26.7 Å². The van der Waals surface area contributed by atoms with E-state index in [9.17, 15) is 9.59 Å². The maximum atomic E-state index is 12.3. The average Bonchev–Trinajstić information content (AvgIpc) is 2.42. The van der Waals surface area contributed by atoms with Crippen LogP contribution in [-0.2, 0) is 9.53 Å². The third kappa shape index (κ3) is 4.97. The number of urea groups is 1. The van der Waals surface area contributed by atoms with Crippen molar-refractivity contribution in [2.24, 2.45) is 0 Å². The standard InChI is InChI=1S/C13H24N2O5/c1-10(2)15(7-8-16)13(19)14-5-3-11(4-6-14)20-9-12(17)18/h10-11,16H,3-9H2,1-2H3,(H,17,18). The predicted octanol–water partition coefficient (Wildman–Crippen LogP) is 0.375. The molecule has 0 aromatic heterocycles. The highest BCUT2D eigenvalue weighted by molar-refractivity contribution is 5.74. The molecule has 2 N–H and O–H groups in total. The van der Waals surface area contributed by atoms with Crippen molar-refractivity contribution in [3.05, 3.63) is 0 Å². The van der Waals surface area contributed by atoms with Crippen molar-refractivity contribution in [2.75, 3.05) is 32.8 Å². The molecule has 1 fully saturated rings. The quantitative estimate of drug-likeness (QED) is 0.737. The molecule has 0 unspecified atom stereocenters. The second-order valence-corrected chi connectivity index (χ2v) is 5.18. The Hall–Kier alpha value is -1.34. The number of amides is 2. The van der Waals surface area contributed by atoms with Gasteiger partial charge in [-0.15, -0.1) is 0 Å². The number of hydrogen-bond donors (Lipinski definition) is 2.